The highest BCUT2D eigenvalue weighted by Crippen LogP contribution is 2.36. The molecule has 1 atom stereocenters. The summed E-state index contributed by atoms with van der Waals surface area (Å²) >= 11 is 12.3. The third kappa shape index (κ3) is 3.12. The van der Waals surface area contributed by atoms with Crippen LogP contribution in [0.4, 0.5) is 5.69 Å². The van der Waals surface area contributed by atoms with Crippen LogP contribution in [-0.2, 0) is 6.42 Å². The molecule has 3 rings (SSSR count). The second-order valence-corrected chi connectivity index (χ2v) is 6.12. The van der Waals surface area contributed by atoms with Gasteiger partial charge in [0, 0.05) is 5.02 Å². The van der Waals surface area contributed by atoms with Gasteiger partial charge in [-0.25, -0.2) is 0 Å². The molecule has 0 fully saturated rings. The minimum absolute atomic E-state index is 0.236. The lowest BCUT2D eigenvalue weighted by Crippen LogP contribution is -2.17. The van der Waals surface area contributed by atoms with Crippen molar-refractivity contribution in [2.45, 2.75) is 25.3 Å². The van der Waals surface area contributed by atoms with Crippen LogP contribution < -0.4 is 10.1 Å². The van der Waals surface area contributed by atoms with Crippen LogP contribution in [0.5, 0.6) is 5.75 Å². The molecule has 0 bridgehead atoms. The van der Waals surface area contributed by atoms with Gasteiger partial charge in [-0.15, -0.1) is 0 Å². The molecule has 2 aromatic carbocycles. The summed E-state index contributed by atoms with van der Waals surface area (Å²) in [5.74, 6) is 0.889. The Balaban J connectivity index is 1.92. The van der Waals surface area contributed by atoms with Crippen molar-refractivity contribution < 1.29 is 4.74 Å². The fourth-order valence-electron chi connectivity index (χ4n) is 2.85. The molecule has 0 amide bonds. The predicted octanol–water partition coefficient (Wildman–Crippen LogP) is 5.49. The molecule has 1 unspecified atom stereocenters. The van der Waals surface area contributed by atoms with Crippen molar-refractivity contribution in [2.24, 2.45) is 0 Å². The number of methoxy groups -OCH3 is 1. The van der Waals surface area contributed by atoms with E-state index in [4.69, 9.17) is 27.9 Å². The average Bonchev–Trinajstić information content (AvgIpc) is 2.51. The van der Waals surface area contributed by atoms with Gasteiger partial charge in [-0.05, 0) is 60.7 Å². The van der Waals surface area contributed by atoms with Crippen LogP contribution in [0.15, 0.2) is 36.4 Å². The summed E-state index contributed by atoms with van der Waals surface area (Å²) in [5, 5.41) is 4.90. The van der Waals surface area contributed by atoms with E-state index in [-0.39, 0.29) is 6.04 Å². The molecule has 0 aliphatic heterocycles. The van der Waals surface area contributed by atoms with Gasteiger partial charge in [0.05, 0.1) is 23.9 Å². The van der Waals surface area contributed by atoms with Gasteiger partial charge in [0.25, 0.3) is 0 Å². The van der Waals surface area contributed by atoms with Crippen LogP contribution in [0, 0.1) is 0 Å². The molecule has 2 nitrogen and oxygen atoms in total. The van der Waals surface area contributed by atoms with E-state index in [0.29, 0.717) is 10.0 Å². The zero-order chi connectivity index (χ0) is 14.8. The standard InChI is InChI=1S/C17H17Cl2NO/c1-21-13-7-5-11-3-2-4-16(14(11)10-13)20-17-9-12(18)6-8-15(17)19/h5-10,16,20H,2-4H2,1H3. The first-order valence-electron chi connectivity index (χ1n) is 7.06. The summed E-state index contributed by atoms with van der Waals surface area (Å²) < 4.78 is 5.35. The minimum Gasteiger partial charge on any atom is -0.497 e. The maximum atomic E-state index is 6.26. The van der Waals surface area contributed by atoms with Crippen molar-refractivity contribution in [3.8, 4) is 5.75 Å². The smallest absolute Gasteiger partial charge is 0.119 e. The van der Waals surface area contributed by atoms with E-state index < -0.39 is 0 Å². The van der Waals surface area contributed by atoms with Gasteiger partial charge in [0.2, 0.25) is 0 Å². The summed E-state index contributed by atoms with van der Waals surface area (Å²) in [6.07, 6.45) is 3.35. The normalized spacial score (nSPS) is 17.2. The Morgan fingerprint density at radius 3 is 2.81 bits per heavy atom. The quantitative estimate of drug-likeness (QED) is 0.806. The fraction of sp³-hybridized carbons (Fsp3) is 0.294. The lowest BCUT2D eigenvalue weighted by molar-refractivity contribution is 0.413. The Hall–Kier alpha value is -1.38. The topological polar surface area (TPSA) is 21.3 Å². The molecule has 1 N–H and O–H groups in total. The first-order valence-corrected chi connectivity index (χ1v) is 7.81. The van der Waals surface area contributed by atoms with Crippen molar-refractivity contribution in [2.75, 3.05) is 12.4 Å². The van der Waals surface area contributed by atoms with Crippen LogP contribution in [0.3, 0.4) is 0 Å². The van der Waals surface area contributed by atoms with Crippen molar-refractivity contribution in [3.05, 3.63) is 57.6 Å². The Morgan fingerprint density at radius 1 is 1.14 bits per heavy atom. The van der Waals surface area contributed by atoms with Gasteiger partial charge < -0.3 is 10.1 Å². The van der Waals surface area contributed by atoms with E-state index in [1.54, 1.807) is 13.2 Å². The molecule has 110 valence electrons. The monoisotopic (exact) mass is 321 g/mol. The van der Waals surface area contributed by atoms with E-state index in [1.807, 2.05) is 18.2 Å². The number of benzene rings is 2. The van der Waals surface area contributed by atoms with Gasteiger partial charge in [0.15, 0.2) is 0 Å². The van der Waals surface area contributed by atoms with Crippen molar-refractivity contribution in [1.82, 2.24) is 0 Å². The van der Waals surface area contributed by atoms with E-state index in [0.717, 1.165) is 30.7 Å². The largest absolute Gasteiger partial charge is 0.497 e. The zero-order valence-corrected chi connectivity index (χ0v) is 13.3. The third-order valence-electron chi connectivity index (χ3n) is 3.93. The molecule has 4 heteroatoms. The maximum Gasteiger partial charge on any atom is 0.119 e. The number of ether oxygens (including phenoxy) is 1. The molecule has 21 heavy (non-hydrogen) atoms. The highest BCUT2D eigenvalue weighted by atomic mass is 35.5. The molecule has 0 saturated heterocycles. The van der Waals surface area contributed by atoms with Crippen LogP contribution in [0.1, 0.15) is 30.0 Å². The number of fused-ring (bicyclic) bond motifs is 1. The van der Waals surface area contributed by atoms with Gasteiger partial charge in [0.1, 0.15) is 5.75 Å². The molecular weight excluding hydrogens is 305 g/mol. The molecule has 2 aromatic rings. The lowest BCUT2D eigenvalue weighted by atomic mass is 9.87. The molecule has 0 saturated carbocycles. The summed E-state index contributed by atoms with van der Waals surface area (Å²) in [5.41, 5.74) is 3.54. The number of anilines is 1. The van der Waals surface area contributed by atoms with E-state index >= 15 is 0 Å². The maximum absolute atomic E-state index is 6.26. The molecule has 0 spiro atoms. The van der Waals surface area contributed by atoms with Gasteiger partial charge in [-0.2, -0.15) is 0 Å². The number of aryl methyl sites for hydroxylation is 1. The number of hydrogen-bond acceptors (Lipinski definition) is 2. The Morgan fingerprint density at radius 2 is 2.00 bits per heavy atom. The van der Waals surface area contributed by atoms with E-state index in [9.17, 15) is 0 Å². The second kappa shape index (κ2) is 6.17. The SMILES string of the molecule is COc1ccc2c(c1)C(Nc1cc(Cl)ccc1Cl)CCC2. The van der Waals surface area contributed by atoms with Crippen LogP contribution in [0.2, 0.25) is 10.0 Å². The second-order valence-electron chi connectivity index (χ2n) is 5.28. The van der Waals surface area contributed by atoms with E-state index in [1.165, 1.54) is 11.1 Å². The molecule has 0 radical (unpaired) electrons. The van der Waals surface area contributed by atoms with Gasteiger partial charge in [-0.1, -0.05) is 29.3 Å². The molecule has 1 aliphatic rings. The molecule has 0 aromatic heterocycles. The summed E-state index contributed by atoms with van der Waals surface area (Å²) in [4.78, 5) is 0. The molecule has 0 heterocycles. The van der Waals surface area contributed by atoms with Gasteiger partial charge in [-0.3, -0.25) is 0 Å². The summed E-state index contributed by atoms with van der Waals surface area (Å²) in [7, 11) is 1.70. The number of halogens is 2. The zero-order valence-electron chi connectivity index (χ0n) is 11.8. The Kier molecular flexibility index (Phi) is 4.27. The summed E-state index contributed by atoms with van der Waals surface area (Å²) in [6.45, 7) is 0. The molecular formula is C17H17Cl2NO. The first-order chi connectivity index (χ1) is 10.2. The Bertz CT molecular complexity index is 657. The Labute approximate surface area is 135 Å². The van der Waals surface area contributed by atoms with Crippen molar-refractivity contribution >= 4 is 28.9 Å². The fourth-order valence-corrected chi connectivity index (χ4v) is 3.19. The number of rotatable bonds is 3. The van der Waals surface area contributed by atoms with E-state index in [2.05, 4.69) is 17.4 Å². The molecule has 1 aliphatic carbocycles. The van der Waals surface area contributed by atoms with Gasteiger partial charge >= 0.3 is 0 Å². The number of nitrogens with one attached hydrogen (secondary N) is 1. The predicted molar refractivity (Wildman–Crippen MR) is 88.8 cm³/mol. The third-order valence-corrected chi connectivity index (χ3v) is 4.49. The highest BCUT2D eigenvalue weighted by molar-refractivity contribution is 6.35. The first kappa shape index (κ1) is 14.6. The van der Waals surface area contributed by atoms with Crippen molar-refractivity contribution in [3.63, 3.8) is 0 Å². The number of hydrogen-bond donors (Lipinski definition) is 1. The summed E-state index contributed by atoms with van der Waals surface area (Å²) in [6, 6.07) is 12.0. The minimum atomic E-state index is 0.236. The van der Waals surface area contributed by atoms with Crippen LogP contribution in [-0.4, -0.2) is 7.11 Å². The van der Waals surface area contributed by atoms with Crippen LogP contribution in [0.25, 0.3) is 0 Å². The lowest BCUT2D eigenvalue weighted by Gasteiger charge is -2.28. The highest BCUT2D eigenvalue weighted by Gasteiger charge is 2.21. The van der Waals surface area contributed by atoms with Crippen molar-refractivity contribution in [1.29, 1.82) is 0 Å². The van der Waals surface area contributed by atoms with Crippen LogP contribution >= 0.6 is 23.2 Å². The average molecular weight is 322 g/mol.